The van der Waals surface area contributed by atoms with E-state index in [0.717, 1.165) is 11.9 Å². The molecule has 0 atom stereocenters. The van der Waals surface area contributed by atoms with E-state index < -0.39 is 0 Å². The van der Waals surface area contributed by atoms with Crippen molar-refractivity contribution in [2.24, 2.45) is 0 Å². The Balaban J connectivity index is 0.000000181. The third-order valence-corrected chi connectivity index (χ3v) is 3.34. The predicted octanol–water partition coefficient (Wildman–Crippen LogP) is 5.01. The Morgan fingerprint density at radius 3 is 1.47 bits per heavy atom. The Morgan fingerprint density at radius 1 is 0.706 bits per heavy atom. The van der Waals surface area contributed by atoms with Gasteiger partial charge in [0.05, 0.1) is 0 Å². The molecular weight excluding hydrogens is 274 g/mol. The molecule has 1 nitrogen and oxygen atoms in total. The van der Waals surface area contributed by atoms with E-state index in [-0.39, 0.29) is 0 Å². The van der Waals surface area contributed by atoms with Crippen molar-refractivity contribution >= 4 is 15.9 Å². The van der Waals surface area contributed by atoms with Crippen LogP contribution in [-0.2, 0) is 0 Å². The van der Waals surface area contributed by atoms with Gasteiger partial charge in [-0.2, -0.15) is 0 Å². The van der Waals surface area contributed by atoms with Crippen molar-refractivity contribution in [3.63, 3.8) is 0 Å². The molecule has 0 unspecified atom stereocenters. The molecule has 2 heteroatoms. The molecule has 0 aromatic carbocycles. The fourth-order valence-corrected chi connectivity index (χ4v) is 2.39. The van der Waals surface area contributed by atoms with Crippen LogP contribution in [0.3, 0.4) is 0 Å². The normalized spacial score (nSPS) is 19.2. The number of hydrogen-bond donors (Lipinski definition) is 0. The maximum atomic E-state index is 3.38. The first-order valence-electron chi connectivity index (χ1n) is 6.77. The standard InChI is InChI=1S/C8H10BrN.C7H14/c9-5-8-10-6-3-1-2-4-7-10;1-2-4-6-7-5-3-1/h1-4,6-7H,5,8H2;1-7H2. The monoisotopic (exact) mass is 297 g/mol. The van der Waals surface area contributed by atoms with Crippen LogP contribution >= 0.6 is 15.9 Å². The van der Waals surface area contributed by atoms with Crippen LogP contribution in [0.5, 0.6) is 0 Å². The molecule has 0 radical (unpaired) electrons. The Hall–Kier alpha value is -0.500. The number of nitrogens with zero attached hydrogens (tertiary/aromatic N) is 1. The first-order valence-corrected chi connectivity index (χ1v) is 7.89. The third-order valence-electron chi connectivity index (χ3n) is 2.98. The van der Waals surface area contributed by atoms with E-state index >= 15 is 0 Å². The molecule has 2 aliphatic rings. The average molecular weight is 298 g/mol. The molecule has 0 spiro atoms. The molecule has 17 heavy (non-hydrogen) atoms. The lowest BCUT2D eigenvalue weighted by Gasteiger charge is -2.11. The Kier molecular flexibility index (Phi) is 9.11. The molecule has 1 aliphatic carbocycles. The summed E-state index contributed by atoms with van der Waals surface area (Å²) in [5, 5.41) is 1.00. The van der Waals surface area contributed by atoms with Crippen LogP contribution < -0.4 is 0 Å². The number of halogens is 1. The summed E-state index contributed by atoms with van der Waals surface area (Å²) in [6.45, 7) is 1.02. The van der Waals surface area contributed by atoms with Gasteiger partial charge in [0.1, 0.15) is 0 Å². The number of alkyl halides is 1. The highest BCUT2D eigenvalue weighted by atomic mass is 79.9. The van der Waals surface area contributed by atoms with E-state index in [2.05, 4.69) is 33.2 Å². The van der Waals surface area contributed by atoms with Crippen molar-refractivity contribution in [1.29, 1.82) is 0 Å². The average Bonchev–Trinajstić information content (AvgIpc) is 2.76. The highest BCUT2D eigenvalue weighted by Gasteiger charge is 1.95. The third kappa shape index (κ3) is 8.25. The van der Waals surface area contributed by atoms with Crippen LogP contribution in [0.2, 0.25) is 0 Å². The summed E-state index contributed by atoms with van der Waals surface area (Å²) in [6, 6.07) is 0. The summed E-state index contributed by atoms with van der Waals surface area (Å²) in [5.41, 5.74) is 0. The smallest absolute Gasteiger partial charge is 0.0316 e. The summed E-state index contributed by atoms with van der Waals surface area (Å²) >= 11 is 3.38. The summed E-state index contributed by atoms with van der Waals surface area (Å²) < 4.78 is 0. The van der Waals surface area contributed by atoms with Gasteiger partial charge in [0.25, 0.3) is 0 Å². The Bertz CT molecular complexity index is 220. The van der Waals surface area contributed by atoms with Gasteiger partial charge in [0.15, 0.2) is 0 Å². The zero-order valence-electron chi connectivity index (χ0n) is 10.7. The van der Waals surface area contributed by atoms with Crippen molar-refractivity contribution < 1.29 is 0 Å². The Labute approximate surface area is 114 Å². The largest absolute Gasteiger partial charge is 0.353 e. The van der Waals surface area contributed by atoms with Gasteiger partial charge in [-0.3, -0.25) is 0 Å². The van der Waals surface area contributed by atoms with Crippen molar-refractivity contribution in [3.8, 4) is 0 Å². The van der Waals surface area contributed by atoms with Crippen LogP contribution in [0.25, 0.3) is 0 Å². The highest BCUT2D eigenvalue weighted by Crippen LogP contribution is 2.15. The fraction of sp³-hybridized carbons (Fsp3) is 0.600. The highest BCUT2D eigenvalue weighted by molar-refractivity contribution is 9.09. The maximum absolute atomic E-state index is 3.38. The van der Waals surface area contributed by atoms with Crippen LogP contribution in [-0.4, -0.2) is 16.8 Å². The molecule has 1 aliphatic heterocycles. The van der Waals surface area contributed by atoms with E-state index in [9.17, 15) is 0 Å². The van der Waals surface area contributed by atoms with Gasteiger partial charge in [-0.15, -0.1) is 0 Å². The topological polar surface area (TPSA) is 3.24 Å². The summed E-state index contributed by atoms with van der Waals surface area (Å²) in [6.07, 6.45) is 22.7. The summed E-state index contributed by atoms with van der Waals surface area (Å²) in [5.74, 6) is 0. The molecule has 2 rings (SSSR count). The van der Waals surface area contributed by atoms with E-state index in [0.29, 0.717) is 0 Å². The van der Waals surface area contributed by atoms with Crippen LogP contribution in [0.4, 0.5) is 0 Å². The van der Waals surface area contributed by atoms with Crippen molar-refractivity contribution in [3.05, 3.63) is 36.7 Å². The van der Waals surface area contributed by atoms with Gasteiger partial charge in [0, 0.05) is 24.3 Å². The quantitative estimate of drug-likeness (QED) is 0.511. The second kappa shape index (κ2) is 10.6. The van der Waals surface area contributed by atoms with Gasteiger partial charge >= 0.3 is 0 Å². The molecule has 0 saturated heterocycles. The second-order valence-corrected chi connectivity index (χ2v) is 5.26. The van der Waals surface area contributed by atoms with E-state index in [1.807, 2.05) is 24.3 Å². The molecular formula is C15H24BrN. The fourth-order valence-electron chi connectivity index (χ4n) is 1.98. The van der Waals surface area contributed by atoms with E-state index in [1.165, 1.54) is 44.9 Å². The predicted molar refractivity (Wildman–Crippen MR) is 80.2 cm³/mol. The minimum absolute atomic E-state index is 1.00. The molecule has 0 N–H and O–H groups in total. The van der Waals surface area contributed by atoms with Crippen LogP contribution in [0.1, 0.15) is 44.9 Å². The van der Waals surface area contributed by atoms with Crippen LogP contribution in [0.15, 0.2) is 36.7 Å². The molecule has 0 amide bonds. The zero-order chi connectivity index (χ0) is 12.2. The van der Waals surface area contributed by atoms with Gasteiger partial charge in [-0.05, 0) is 12.2 Å². The van der Waals surface area contributed by atoms with E-state index in [4.69, 9.17) is 0 Å². The first-order chi connectivity index (χ1) is 8.43. The van der Waals surface area contributed by atoms with Crippen LogP contribution in [0, 0.1) is 0 Å². The zero-order valence-corrected chi connectivity index (χ0v) is 12.2. The molecule has 0 bridgehead atoms. The first kappa shape index (κ1) is 14.6. The van der Waals surface area contributed by atoms with Gasteiger partial charge < -0.3 is 4.90 Å². The van der Waals surface area contributed by atoms with Crippen molar-refractivity contribution in [2.45, 2.75) is 44.9 Å². The minimum atomic E-state index is 1.00. The van der Waals surface area contributed by atoms with Gasteiger partial charge in [-0.1, -0.05) is 73.0 Å². The molecule has 1 fully saturated rings. The maximum Gasteiger partial charge on any atom is 0.0316 e. The lowest BCUT2D eigenvalue weighted by molar-refractivity contribution is 0.544. The Morgan fingerprint density at radius 2 is 1.12 bits per heavy atom. The number of allylic oxidation sites excluding steroid dienone is 4. The molecule has 1 saturated carbocycles. The molecule has 0 aromatic rings. The van der Waals surface area contributed by atoms with Crippen molar-refractivity contribution in [1.82, 2.24) is 4.90 Å². The van der Waals surface area contributed by atoms with Gasteiger partial charge in [-0.25, -0.2) is 0 Å². The SMILES string of the molecule is BrCCN1C=CC=CC=C1.C1CCCCCC1. The minimum Gasteiger partial charge on any atom is -0.353 e. The number of rotatable bonds is 2. The van der Waals surface area contributed by atoms with E-state index in [1.54, 1.807) is 0 Å². The molecule has 0 aromatic heterocycles. The lowest BCUT2D eigenvalue weighted by atomic mass is 10.2. The summed E-state index contributed by atoms with van der Waals surface area (Å²) in [4.78, 5) is 2.13. The van der Waals surface area contributed by atoms with Gasteiger partial charge in [0.2, 0.25) is 0 Å². The lowest BCUT2D eigenvalue weighted by Crippen LogP contribution is -2.11. The number of hydrogen-bond acceptors (Lipinski definition) is 1. The second-order valence-electron chi connectivity index (χ2n) is 4.47. The molecule has 1 heterocycles. The van der Waals surface area contributed by atoms with Crippen molar-refractivity contribution in [2.75, 3.05) is 11.9 Å². The molecule has 96 valence electrons. The summed E-state index contributed by atoms with van der Waals surface area (Å²) in [7, 11) is 0.